The summed E-state index contributed by atoms with van der Waals surface area (Å²) in [5.74, 6) is 0. The second kappa shape index (κ2) is 2.49. The Bertz CT molecular complexity index is 74.5. The van der Waals surface area contributed by atoms with Gasteiger partial charge in [-0.1, -0.05) is 0 Å². The van der Waals surface area contributed by atoms with Gasteiger partial charge < -0.3 is 0 Å². The van der Waals surface area contributed by atoms with Crippen LogP contribution in [0.1, 0.15) is 19.3 Å². The van der Waals surface area contributed by atoms with Crippen molar-refractivity contribution in [3.8, 4) is 0 Å². The zero-order valence-corrected chi connectivity index (χ0v) is 6.82. The Balaban J connectivity index is 2.33. The Morgan fingerprint density at radius 1 is 1.25 bits per heavy atom. The van der Waals surface area contributed by atoms with E-state index in [4.69, 9.17) is 0 Å². The minimum absolute atomic E-state index is 0.176. The van der Waals surface area contributed by atoms with Crippen LogP contribution in [0.15, 0.2) is 0 Å². The van der Waals surface area contributed by atoms with Crippen LogP contribution in [0.5, 0.6) is 0 Å². The third kappa shape index (κ3) is 1.87. The number of rotatable bonds is 0. The van der Waals surface area contributed by atoms with Gasteiger partial charge in [-0.05, 0) is 0 Å². The van der Waals surface area contributed by atoms with Crippen molar-refractivity contribution in [3.63, 3.8) is 0 Å². The molecule has 1 heterocycles. The molecule has 0 amide bonds. The fourth-order valence-corrected chi connectivity index (χ4v) is 3.40. The van der Waals surface area contributed by atoms with Crippen molar-refractivity contribution in [3.05, 3.63) is 0 Å². The van der Waals surface area contributed by atoms with E-state index in [0.717, 1.165) is 17.3 Å². The van der Waals surface area contributed by atoms with Crippen molar-refractivity contribution in [1.29, 1.82) is 0 Å². The Labute approximate surface area is 57.7 Å². The Kier molecular flexibility index (Phi) is 2.11. The van der Waals surface area contributed by atoms with Gasteiger partial charge in [-0.3, -0.25) is 0 Å². The van der Waals surface area contributed by atoms with Gasteiger partial charge in [0.2, 0.25) is 0 Å². The zero-order valence-electron chi connectivity index (χ0n) is 4.49. The molecule has 1 aliphatic rings. The number of hydrogen-bond donors (Lipinski definition) is 0. The molecule has 0 nitrogen and oxygen atoms in total. The molecular weight excluding hydrogens is 226 g/mol. The van der Waals surface area contributed by atoms with Gasteiger partial charge in [-0.15, -0.1) is 0 Å². The van der Waals surface area contributed by atoms with Crippen LogP contribution < -0.4 is 0 Å². The summed E-state index contributed by atoms with van der Waals surface area (Å²) in [5.41, 5.74) is 0. The molecule has 3 heteroatoms. The summed E-state index contributed by atoms with van der Waals surface area (Å²) in [6, 6.07) is 0. The van der Waals surface area contributed by atoms with Crippen molar-refractivity contribution in [2.45, 2.75) is 27.7 Å². The Hall–Kier alpha value is 0.650. The van der Waals surface area contributed by atoms with E-state index in [9.17, 15) is 8.78 Å². The fourth-order valence-electron chi connectivity index (χ4n) is 0.727. The van der Waals surface area contributed by atoms with Gasteiger partial charge in [0.1, 0.15) is 0 Å². The number of alkyl halides is 2. The van der Waals surface area contributed by atoms with E-state index in [0.29, 0.717) is 0 Å². The van der Waals surface area contributed by atoms with Gasteiger partial charge in [-0.25, -0.2) is 0 Å². The van der Waals surface area contributed by atoms with Crippen molar-refractivity contribution in [2.24, 2.45) is 0 Å². The molecule has 1 saturated heterocycles. The van der Waals surface area contributed by atoms with Gasteiger partial charge in [-0.2, -0.15) is 0 Å². The van der Waals surface area contributed by atoms with E-state index in [1.165, 1.54) is 0 Å². The van der Waals surface area contributed by atoms with Crippen molar-refractivity contribution >= 4 is 20.9 Å². The number of halogens is 2. The molecular formula is C5H8F2Te. The van der Waals surface area contributed by atoms with Gasteiger partial charge in [0.25, 0.3) is 0 Å². The summed E-state index contributed by atoms with van der Waals surface area (Å²) in [4.78, 5) is 0. The Morgan fingerprint density at radius 2 is 2.00 bits per heavy atom. The molecule has 0 aromatic carbocycles. The maximum absolute atomic E-state index is 12.3. The van der Waals surface area contributed by atoms with Gasteiger partial charge in [0.15, 0.2) is 0 Å². The minimum atomic E-state index is -2.19. The second-order valence-corrected chi connectivity index (χ2v) is 5.64. The van der Waals surface area contributed by atoms with E-state index in [-0.39, 0.29) is 6.42 Å². The first kappa shape index (κ1) is 6.77. The number of hydrogen-bond acceptors (Lipinski definition) is 0. The van der Waals surface area contributed by atoms with Crippen molar-refractivity contribution in [2.75, 3.05) is 0 Å². The van der Waals surface area contributed by atoms with E-state index < -0.39 is 24.9 Å². The third-order valence-electron chi connectivity index (χ3n) is 1.18. The van der Waals surface area contributed by atoms with Crippen molar-refractivity contribution in [1.82, 2.24) is 0 Å². The van der Waals surface area contributed by atoms with E-state index in [2.05, 4.69) is 0 Å². The van der Waals surface area contributed by atoms with Crippen LogP contribution in [0.3, 0.4) is 0 Å². The summed E-state index contributed by atoms with van der Waals surface area (Å²) in [6.45, 7) is 0. The Morgan fingerprint density at radius 3 is 2.25 bits per heavy atom. The summed E-state index contributed by atoms with van der Waals surface area (Å²) >= 11 is -0.926. The fraction of sp³-hybridized carbons (Fsp3) is 1.00. The first-order valence-corrected chi connectivity index (χ1v) is 5.54. The molecule has 0 aromatic rings. The predicted molar refractivity (Wildman–Crippen MR) is 29.4 cm³/mol. The molecule has 0 atom stereocenters. The molecule has 1 aliphatic heterocycles. The van der Waals surface area contributed by atoms with Crippen LogP contribution in [-0.4, -0.2) is 24.9 Å². The van der Waals surface area contributed by atoms with E-state index in [1.54, 1.807) is 0 Å². The molecule has 0 unspecified atom stereocenters. The summed E-state index contributed by atoms with van der Waals surface area (Å²) in [6.07, 6.45) is 1.98. The van der Waals surface area contributed by atoms with Gasteiger partial charge >= 0.3 is 57.4 Å². The topological polar surface area (TPSA) is 0 Å². The van der Waals surface area contributed by atoms with Crippen LogP contribution in [-0.2, 0) is 0 Å². The summed E-state index contributed by atoms with van der Waals surface area (Å²) in [5, 5.41) is 0. The van der Waals surface area contributed by atoms with E-state index in [1.807, 2.05) is 0 Å². The zero-order chi connectivity index (χ0) is 6.04. The first-order valence-electron chi connectivity index (χ1n) is 2.72. The van der Waals surface area contributed by atoms with Gasteiger partial charge in [0.05, 0.1) is 0 Å². The van der Waals surface area contributed by atoms with Crippen LogP contribution in [0.4, 0.5) is 8.78 Å². The molecule has 48 valence electrons. The maximum atomic E-state index is 12.3. The van der Waals surface area contributed by atoms with Gasteiger partial charge in [0, 0.05) is 0 Å². The summed E-state index contributed by atoms with van der Waals surface area (Å²) < 4.78 is 23.2. The third-order valence-corrected chi connectivity index (χ3v) is 4.37. The molecule has 0 radical (unpaired) electrons. The summed E-state index contributed by atoms with van der Waals surface area (Å²) in [7, 11) is 0. The molecule has 8 heavy (non-hydrogen) atoms. The van der Waals surface area contributed by atoms with Crippen LogP contribution in [0, 0.1) is 0 Å². The van der Waals surface area contributed by atoms with E-state index >= 15 is 0 Å². The normalized spacial score (nSPS) is 27.8. The van der Waals surface area contributed by atoms with Crippen LogP contribution in [0.25, 0.3) is 0 Å². The average molecular weight is 234 g/mol. The monoisotopic (exact) mass is 236 g/mol. The molecule has 0 N–H and O–H groups in total. The molecule has 0 aromatic heterocycles. The SMILES string of the molecule is FC1(F)CCCC[Te]1. The second-order valence-electron chi connectivity index (χ2n) is 1.94. The average Bonchev–Trinajstić information content (AvgIpc) is 1.65. The molecule has 1 fully saturated rings. The quantitative estimate of drug-likeness (QED) is 0.561. The predicted octanol–water partition coefficient (Wildman–Crippen LogP) is 1.89. The first-order chi connectivity index (χ1) is 3.71. The molecule has 0 saturated carbocycles. The molecule has 1 rings (SSSR count). The van der Waals surface area contributed by atoms with Crippen molar-refractivity contribution < 1.29 is 8.78 Å². The van der Waals surface area contributed by atoms with Crippen LogP contribution >= 0.6 is 0 Å². The molecule has 0 aliphatic carbocycles. The standard InChI is InChI=1S/C5H8F2Te/c6-5(7)3-1-2-4-8-5/h1-4H2. The van der Waals surface area contributed by atoms with Crippen LogP contribution in [0.2, 0.25) is 4.47 Å². The molecule has 0 bridgehead atoms. The molecule has 0 spiro atoms.